The van der Waals surface area contributed by atoms with Crippen LogP contribution in [0.15, 0.2) is 24.8 Å². The number of hydrogen-bond acceptors (Lipinski definition) is 4. The fraction of sp³-hybridized carbons (Fsp3) is 0.542. The molecule has 2 aromatic rings. The van der Waals surface area contributed by atoms with E-state index in [1.807, 2.05) is 6.08 Å². The van der Waals surface area contributed by atoms with Crippen LogP contribution in [0.25, 0.3) is 10.9 Å². The molecule has 1 aromatic carbocycles. The number of hydrogen-bond donors (Lipinski definition) is 1. The van der Waals surface area contributed by atoms with E-state index in [1.54, 1.807) is 7.11 Å². The van der Waals surface area contributed by atoms with E-state index in [4.69, 9.17) is 9.47 Å². The van der Waals surface area contributed by atoms with Crippen molar-refractivity contribution in [2.24, 2.45) is 5.92 Å². The fourth-order valence-corrected chi connectivity index (χ4v) is 5.44. The highest BCUT2D eigenvalue weighted by atomic mass is 16.5. The number of fused-ring (bicyclic) bond motifs is 2. The van der Waals surface area contributed by atoms with Gasteiger partial charge < -0.3 is 19.4 Å². The van der Waals surface area contributed by atoms with Crippen LogP contribution in [0.2, 0.25) is 0 Å². The molecular formula is C24H32N2O3. The first-order valence-corrected chi connectivity index (χ1v) is 10.4. The monoisotopic (exact) mass is 396 g/mol. The molecule has 1 aromatic heterocycles. The van der Waals surface area contributed by atoms with Gasteiger partial charge in [0, 0.05) is 59.4 Å². The number of piperidine rings is 1. The molecule has 0 saturated carbocycles. The summed E-state index contributed by atoms with van der Waals surface area (Å²) in [6.07, 6.45) is 2.80. The molecule has 1 aliphatic carbocycles. The zero-order valence-electron chi connectivity index (χ0n) is 18.3. The number of benzene rings is 1. The second kappa shape index (κ2) is 6.91. The van der Waals surface area contributed by atoms with Crippen molar-refractivity contribution >= 4 is 16.9 Å². The fourth-order valence-electron chi connectivity index (χ4n) is 5.44. The molecular weight excluding hydrogens is 364 g/mol. The van der Waals surface area contributed by atoms with Gasteiger partial charge in [-0.1, -0.05) is 26.8 Å². The van der Waals surface area contributed by atoms with Crippen molar-refractivity contribution in [3.8, 4) is 5.75 Å². The van der Waals surface area contributed by atoms with Crippen molar-refractivity contribution in [2.75, 3.05) is 20.7 Å². The number of nitrogens with zero attached hydrogens (tertiary/aromatic N) is 1. The SMILES string of the molecule is C=CC(C)(C)c1[nH]c2cc(OC)cc3c2c1CC1C3C(OC(C)=O)C(C)CN1C. The van der Waals surface area contributed by atoms with Crippen LogP contribution in [0.3, 0.4) is 0 Å². The van der Waals surface area contributed by atoms with Crippen molar-refractivity contribution in [1.29, 1.82) is 0 Å². The quantitative estimate of drug-likeness (QED) is 0.623. The molecule has 0 radical (unpaired) electrons. The highest BCUT2D eigenvalue weighted by Crippen LogP contribution is 2.49. The molecule has 4 rings (SSSR count). The Bertz CT molecular complexity index is 974. The molecule has 156 valence electrons. The Morgan fingerprint density at radius 3 is 2.72 bits per heavy atom. The molecule has 4 unspecified atom stereocenters. The summed E-state index contributed by atoms with van der Waals surface area (Å²) in [5.74, 6) is 0.994. The molecule has 29 heavy (non-hydrogen) atoms. The van der Waals surface area contributed by atoms with Crippen molar-refractivity contribution in [3.05, 3.63) is 41.6 Å². The van der Waals surface area contributed by atoms with Crippen LogP contribution in [0.1, 0.15) is 50.4 Å². The van der Waals surface area contributed by atoms with Crippen LogP contribution in [0.4, 0.5) is 0 Å². The number of aromatic nitrogens is 1. The maximum atomic E-state index is 11.9. The molecule has 5 nitrogen and oxygen atoms in total. The Morgan fingerprint density at radius 2 is 2.10 bits per heavy atom. The van der Waals surface area contributed by atoms with E-state index in [1.165, 1.54) is 29.1 Å². The maximum Gasteiger partial charge on any atom is 0.302 e. The molecule has 2 aliphatic rings. The van der Waals surface area contributed by atoms with Gasteiger partial charge in [0.1, 0.15) is 11.9 Å². The molecule has 1 N–H and O–H groups in total. The Balaban J connectivity index is 1.99. The van der Waals surface area contributed by atoms with E-state index >= 15 is 0 Å². The third kappa shape index (κ3) is 3.07. The first-order chi connectivity index (χ1) is 13.7. The van der Waals surface area contributed by atoms with Gasteiger partial charge in [-0.2, -0.15) is 0 Å². The number of methoxy groups -OCH3 is 1. The molecule has 4 atom stereocenters. The number of allylic oxidation sites excluding steroid dienone is 1. The van der Waals surface area contributed by atoms with Gasteiger partial charge in [0.15, 0.2) is 0 Å². The summed E-state index contributed by atoms with van der Waals surface area (Å²) in [4.78, 5) is 18.0. The minimum atomic E-state index is -0.211. The highest BCUT2D eigenvalue weighted by Gasteiger charge is 2.47. The number of rotatable bonds is 4. The summed E-state index contributed by atoms with van der Waals surface area (Å²) >= 11 is 0. The lowest BCUT2D eigenvalue weighted by Crippen LogP contribution is -2.55. The summed E-state index contributed by atoms with van der Waals surface area (Å²) in [5.41, 5.74) is 4.71. The third-order valence-corrected chi connectivity index (χ3v) is 6.94. The second-order valence-electron chi connectivity index (χ2n) is 9.33. The van der Waals surface area contributed by atoms with Gasteiger partial charge in [0.05, 0.1) is 7.11 Å². The van der Waals surface area contributed by atoms with Crippen LogP contribution in [-0.2, 0) is 21.4 Å². The summed E-state index contributed by atoms with van der Waals surface area (Å²) in [6, 6.07) is 4.49. The minimum Gasteiger partial charge on any atom is -0.497 e. The van der Waals surface area contributed by atoms with E-state index in [2.05, 4.69) is 56.4 Å². The summed E-state index contributed by atoms with van der Waals surface area (Å²) in [5, 5.41) is 1.26. The first kappa shape index (κ1) is 20.0. The largest absolute Gasteiger partial charge is 0.497 e. The second-order valence-corrected chi connectivity index (χ2v) is 9.33. The Kier molecular flexibility index (Phi) is 4.77. The van der Waals surface area contributed by atoms with E-state index < -0.39 is 0 Å². The molecule has 0 amide bonds. The first-order valence-electron chi connectivity index (χ1n) is 10.4. The van der Waals surface area contributed by atoms with E-state index in [-0.39, 0.29) is 35.4 Å². The van der Waals surface area contributed by atoms with Crippen LogP contribution in [0, 0.1) is 5.92 Å². The van der Waals surface area contributed by atoms with Gasteiger partial charge in [-0.15, -0.1) is 6.58 Å². The Labute approximate surface area is 173 Å². The van der Waals surface area contributed by atoms with Crippen LogP contribution in [0.5, 0.6) is 5.75 Å². The summed E-state index contributed by atoms with van der Waals surface area (Å²) < 4.78 is 11.5. The number of ether oxygens (including phenoxy) is 2. The highest BCUT2D eigenvalue weighted by molar-refractivity contribution is 5.91. The van der Waals surface area contributed by atoms with Gasteiger partial charge in [0.2, 0.25) is 0 Å². The number of likely N-dealkylation sites (tertiary alicyclic amines) is 1. The number of esters is 1. The number of aromatic amines is 1. The predicted molar refractivity (Wildman–Crippen MR) is 116 cm³/mol. The van der Waals surface area contributed by atoms with Crippen LogP contribution >= 0.6 is 0 Å². The van der Waals surface area contributed by atoms with E-state index in [9.17, 15) is 4.79 Å². The predicted octanol–water partition coefficient (Wildman–Crippen LogP) is 4.16. The smallest absolute Gasteiger partial charge is 0.302 e. The minimum absolute atomic E-state index is 0.119. The zero-order chi connectivity index (χ0) is 21.1. The lowest BCUT2D eigenvalue weighted by Gasteiger charge is -2.49. The Hall–Kier alpha value is -2.27. The summed E-state index contributed by atoms with van der Waals surface area (Å²) in [6.45, 7) is 13.0. The molecule has 5 heteroatoms. The van der Waals surface area contributed by atoms with E-state index in [0.717, 1.165) is 24.2 Å². The molecule has 1 fully saturated rings. The lowest BCUT2D eigenvalue weighted by molar-refractivity contribution is -0.155. The topological polar surface area (TPSA) is 54.6 Å². The maximum absolute atomic E-state index is 11.9. The third-order valence-electron chi connectivity index (χ3n) is 6.94. The van der Waals surface area contributed by atoms with Crippen LogP contribution < -0.4 is 4.74 Å². The number of carbonyl (C=O) groups is 1. The molecule has 2 heterocycles. The standard InChI is InChI=1S/C24H32N2O3/c1-8-24(4,5)23-17-11-19-21(22(29-14(3)27)13(2)12-26(19)6)16-9-15(28-7)10-18(25-23)20(16)17/h8-10,13,19,21-22,25H,1,11-12H2,2-7H3. The van der Waals surface area contributed by atoms with Crippen molar-refractivity contribution in [1.82, 2.24) is 9.88 Å². The average Bonchev–Trinajstić information content (AvgIpc) is 3.05. The van der Waals surface area contributed by atoms with Crippen LogP contribution in [-0.4, -0.2) is 48.7 Å². The van der Waals surface area contributed by atoms with Gasteiger partial charge in [-0.05, 0) is 30.7 Å². The van der Waals surface area contributed by atoms with Crippen molar-refractivity contribution in [3.63, 3.8) is 0 Å². The molecule has 1 saturated heterocycles. The van der Waals surface area contributed by atoms with Gasteiger partial charge in [0.25, 0.3) is 0 Å². The molecule has 1 aliphatic heterocycles. The van der Waals surface area contributed by atoms with Gasteiger partial charge in [-0.3, -0.25) is 4.79 Å². The zero-order valence-corrected chi connectivity index (χ0v) is 18.3. The summed E-state index contributed by atoms with van der Waals surface area (Å²) in [7, 11) is 3.89. The number of likely N-dealkylation sites (N-methyl/N-ethyl adjacent to an activating group) is 1. The average molecular weight is 397 g/mol. The number of H-pyrrole nitrogens is 1. The molecule has 0 spiro atoms. The van der Waals surface area contributed by atoms with Crippen molar-refractivity contribution < 1.29 is 14.3 Å². The normalized spacial score (nSPS) is 26.8. The number of carbonyl (C=O) groups excluding carboxylic acids is 1. The van der Waals surface area contributed by atoms with Gasteiger partial charge >= 0.3 is 5.97 Å². The lowest BCUT2D eigenvalue weighted by atomic mass is 9.69. The van der Waals surface area contributed by atoms with Crippen molar-refractivity contribution in [2.45, 2.75) is 57.6 Å². The molecule has 0 bridgehead atoms. The Morgan fingerprint density at radius 1 is 1.38 bits per heavy atom. The number of nitrogens with one attached hydrogen (secondary N) is 1. The van der Waals surface area contributed by atoms with E-state index in [0.29, 0.717) is 0 Å². The van der Waals surface area contributed by atoms with Gasteiger partial charge in [-0.25, -0.2) is 0 Å².